The van der Waals surface area contributed by atoms with Gasteiger partial charge in [0.15, 0.2) is 0 Å². The van der Waals surface area contributed by atoms with Crippen LogP contribution in [0.25, 0.3) is 0 Å². The predicted molar refractivity (Wildman–Crippen MR) is 163 cm³/mol. The van der Waals surface area contributed by atoms with Gasteiger partial charge < -0.3 is 33.8 Å². The van der Waals surface area contributed by atoms with Crippen LogP contribution >= 0.6 is 0 Å². The maximum Gasteiger partial charge on any atom is 0.325 e. The van der Waals surface area contributed by atoms with Gasteiger partial charge in [-0.15, -0.1) is 0 Å². The molecule has 0 radical (unpaired) electrons. The molecule has 2 aromatic rings. The molecule has 13 nitrogen and oxygen atoms in total. The highest BCUT2D eigenvalue weighted by atomic mass is 16.5. The Morgan fingerprint density at radius 3 is 2.22 bits per heavy atom. The molecule has 45 heavy (non-hydrogen) atoms. The Bertz CT molecular complexity index is 1330. The van der Waals surface area contributed by atoms with Crippen molar-refractivity contribution in [3.63, 3.8) is 0 Å². The molecule has 13 heteroatoms. The molecule has 0 saturated carbocycles. The first-order valence-corrected chi connectivity index (χ1v) is 15.1. The van der Waals surface area contributed by atoms with E-state index in [1.807, 2.05) is 24.3 Å². The Morgan fingerprint density at radius 2 is 1.60 bits per heavy atom. The summed E-state index contributed by atoms with van der Waals surface area (Å²) in [6.45, 7) is 4.01. The lowest BCUT2D eigenvalue weighted by atomic mass is 9.92. The minimum Gasteiger partial charge on any atom is -0.497 e. The highest BCUT2D eigenvalue weighted by Gasteiger charge is 2.42. The fraction of sp³-hybridized carbons (Fsp3) is 0.500. The quantitative estimate of drug-likeness (QED) is 0.317. The van der Waals surface area contributed by atoms with Gasteiger partial charge in [0, 0.05) is 63.8 Å². The number of benzene rings is 1. The third-order valence-corrected chi connectivity index (χ3v) is 8.15. The molecule has 0 aliphatic carbocycles. The number of carbonyl (C=O) groups excluding carboxylic acids is 5. The third-order valence-electron chi connectivity index (χ3n) is 8.15. The van der Waals surface area contributed by atoms with Crippen LogP contribution in [0.2, 0.25) is 0 Å². The minimum atomic E-state index is -1.18. The van der Waals surface area contributed by atoms with Gasteiger partial charge in [0.2, 0.25) is 17.7 Å². The first kappa shape index (κ1) is 33.2. The number of aromatic nitrogens is 1. The molecule has 2 unspecified atom stereocenters. The van der Waals surface area contributed by atoms with Gasteiger partial charge in [-0.3, -0.25) is 29.0 Å². The number of esters is 2. The van der Waals surface area contributed by atoms with E-state index in [-0.39, 0.29) is 51.4 Å². The van der Waals surface area contributed by atoms with Crippen molar-refractivity contribution in [3.05, 3.63) is 54.4 Å². The standard InChI is InChI=1S/C32H41N5O8/c1-4-45-30(40)22-36-17-18-37(27(32(36)42)21-29(39)44-3)31(41)24(19-23-5-7-26(43-2)8-6-23)20-28(38)35-15-13-34(14-16-35)25-9-11-33-12-10-25/h5-12,24,27H,4,13-22H2,1-3H3. The van der Waals surface area contributed by atoms with Crippen molar-refractivity contribution < 1.29 is 38.2 Å². The van der Waals surface area contributed by atoms with Crippen molar-refractivity contribution in [1.82, 2.24) is 19.7 Å². The average Bonchev–Trinajstić information content (AvgIpc) is 3.06. The molecule has 1 aromatic carbocycles. The Labute approximate surface area is 263 Å². The number of anilines is 1. The van der Waals surface area contributed by atoms with Crippen LogP contribution in [0.5, 0.6) is 5.75 Å². The largest absolute Gasteiger partial charge is 0.497 e. The van der Waals surface area contributed by atoms with Crippen LogP contribution in [0.3, 0.4) is 0 Å². The number of carbonyl (C=O) groups is 5. The van der Waals surface area contributed by atoms with Gasteiger partial charge >= 0.3 is 11.9 Å². The SMILES string of the molecule is CCOC(=O)CN1CCN(C(=O)C(CC(=O)N2CCN(c3ccncc3)CC2)Cc2ccc(OC)cc2)C(CC(=O)OC)C1=O. The molecule has 1 aromatic heterocycles. The first-order valence-electron chi connectivity index (χ1n) is 15.1. The Kier molecular flexibility index (Phi) is 11.7. The van der Waals surface area contributed by atoms with E-state index < -0.39 is 35.7 Å². The summed E-state index contributed by atoms with van der Waals surface area (Å²) >= 11 is 0. The lowest BCUT2D eigenvalue weighted by Gasteiger charge is -2.41. The van der Waals surface area contributed by atoms with Gasteiger partial charge in [0.25, 0.3) is 0 Å². The summed E-state index contributed by atoms with van der Waals surface area (Å²) < 4.78 is 15.1. The van der Waals surface area contributed by atoms with Crippen LogP contribution in [0.15, 0.2) is 48.8 Å². The van der Waals surface area contributed by atoms with Gasteiger partial charge in [-0.2, -0.15) is 0 Å². The zero-order chi connectivity index (χ0) is 32.3. The molecule has 0 spiro atoms. The summed E-state index contributed by atoms with van der Waals surface area (Å²) in [6.07, 6.45) is 3.27. The van der Waals surface area contributed by atoms with Crippen molar-refractivity contribution in [2.24, 2.45) is 5.92 Å². The molecule has 3 heterocycles. The van der Waals surface area contributed by atoms with E-state index in [0.717, 1.165) is 11.3 Å². The average molecular weight is 624 g/mol. The van der Waals surface area contributed by atoms with Crippen molar-refractivity contribution >= 4 is 35.3 Å². The molecule has 4 rings (SSSR count). The molecular formula is C32H41N5O8. The van der Waals surface area contributed by atoms with Gasteiger partial charge in [-0.1, -0.05) is 12.1 Å². The third kappa shape index (κ3) is 8.70. The van der Waals surface area contributed by atoms with Gasteiger partial charge in [-0.25, -0.2) is 0 Å². The second-order valence-corrected chi connectivity index (χ2v) is 10.9. The van der Waals surface area contributed by atoms with Crippen LogP contribution in [0.1, 0.15) is 25.3 Å². The highest BCUT2D eigenvalue weighted by molar-refractivity contribution is 5.95. The lowest BCUT2D eigenvalue weighted by molar-refractivity contribution is -0.161. The van der Waals surface area contributed by atoms with Crippen LogP contribution < -0.4 is 9.64 Å². The summed E-state index contributed by atoms with van der Waals surface area (Å²) in [5, 5.41) is 0. The molecule has 0 N–H and O–H groups in total. The Hall–Kier alpha value is -4.68. The number of hydrogen-bond acceptors (Lipinski definition) is 10. The molecule has 242 valence electrons. The van der Waals surface area contributed by atoms with Crippen molar-refractivity contribution in [2.45, 2.75) is 32.2 Å². The number of rotatable bonds is 12. The summed E-state index contributed by atoms with van der Waals surface area (Å²) in [4.78, 5) is 76.6. The minimum absolute atomic E-state index is 0.0672. The summed E-state index contributed by atoms with van der Waals surface area (Å²) in [5.41, 5.74) is 1.86. The van der Waals surface area contributed by atoms with Crippen LogP contribution in [-0.2, 0) is 39.9 Å². The molecule has 2 aliphatic rings. The zero-order valence-corrected chi connectivity index (χ0v) is 26.1. The van der Waals surface area contributed by atoms with Gasteiger partial charge in [0.1, 0.15) is 18.3 Å². The van der Waals surface area contributed by atoms with E-state index in [9.17, 15) is 24.0 Å². The molecule has 2 aliphatic heterocycles. The number of methoxy groups -OCH3 is 2. The maximum atomic E-state index is 14.2. The summed E-state index contributed by atoms with van der Waals surface area (Å²) in [7, 11) is 2.77. The monoisotopic (exact) mass is 623 g/mol. The second-order valence-electron chi connectivity index (χ2n) is 10.9. The van der Waals surface area contributed by atoms with Crippen molar-refractivity contribution in [2.75, 3.05) is 71.5 Å². The predicted octanol–water partition coefficient (Wildman–Crippen LogP) is 1.15. The van der Waals surface area contributed by atoms with Crippen molar-refractivity contribution in [3.8, 4) is 5.75 Å². The Balaban J connectivity index is 1.53. The van der Waals surface area contributed by atoms with Gasteiger partial charge in [-0.05, 0) is 43.2 Å². The van der Waals surface area contributed by atoms with E-state index in [0.29, 0.717) is 31.9 Å². The molecule has 3 amide bonds. The van der Waals surface area contributed by atoms with E-state index in [4.69, 9.17) is 14.2 Å². The Morgan fingerprint density at radius 1 is 0.911 bits per heavy atom. The zero-order valence-electron chi connectivity index (χ0n) is 26.1. The number of hydrogen-bond donors (Lipinski definition) is 0. The molecule has 2 fully saturated rings. The van der Waals surface area contributed by atoms with E-state index in [1.165, 1.54) is 16.9 Å². The maximum absolute atomic E-state index is 14.2. The smallest absolute Gasteiger partial charge is 0.325 e. The summed E-state index contributed by atoms with van der Waals surface area (Å²) in [6, 6.07) is 9.94. The lowest BCUT2D eigenvalue weighted by Crippen LogP contribution is -2.61. The number of amides is 3. The first-order chi connectivity index (χ1) is 21.7. The summed E-state index contributed by atoms with van der Waals surface area (Å²) in [5.74, 6) is -2.50. The fourth-order valence-corrected chi connectivity index (χ4v) is 5.70. The molecule has 2 atom stereocenters. The number of pyridine rings is 1. The fourth-order valence-electron chi connectivity index (χ4n) is 5.70. The van der Waals surface area contributed by atoms with E-state index in [2.05, 4.69) is 9.88 Å². The van der Waals surface area contributed by atoms with E-state index in [1.54, 1.807) is 43.5 Å². The molecule has 2 saturated heterocycles. The molecule has 0 bridgehead atoms. The molecular weight excluding hydrogens is 582 g/mol. The van der Waals surface area contributed by atoms with E-state index >= 15 is 0 Å². The van der Waals surface area contributed by atoms with Gasteiger partial charge in [0.05, 0.1) is 33.2 Å². The second kappa shape index (κ2) is 15.9. The number of nitrogens with zero attached hydrogens (tertiary/aromatic N) is 5. The van der Waals surface area contributed by atoms with Crippen LogP contribution in [-0.4, -0.2) is 122 Å². The number of ether oxygens (including phenoxy) is 3. The topological polar surface area (TPSA) is 139 Å². The van der Waals surface area contributed by atoms with Crippen LogP contribution in [0.4, 0.5) is 5.69 Å². The normalized spacial score (nSPS) is 17.5. The van der Waals surface area contributed by atoms with Crippen molar-refractivity contribution in [1.29, 1.82) is 0 Å². The highest BCUT2D eigenvalue weighted by Crippen LogP contribution is 2.25. The number of piperazine rings is 2. The van der Waals surface area contributed by atoms with Crippen LogP contribution in [0, 0.1) is 5.92 Å².